The lowest BCUT2D eigenvalue weighted by molar-refractivity contribution is -0.132. The molecule has 0 atom stereocenters. The SMILES string of the molecule is CCc1c(O)cc(O)c(C(=O)c2ccc(OC)c(OC)c2)c1CC(=O)N1CCC(N2CCOCC2)CC1. The zero-order chi connectivity index (χ0) is 26.5. The summed E-state index contributed by atoms with van der Waals surface area (Å²) >= 11 is 0. The van der Waals surface area contributed by atoms with Crippen molar-refractivity contribution in [2.24, 2.45) is 0 Å². The number of morpholine rings is 1. The molecular weight excluding hydrogens is 476 g/mol. The van der Waals surface area contributed by atoms with E-state index in [1.54, 1.807) is 18.2 Å². The molecule has 2 N–H and O–H groups in total. The molecule has 9 heteroatoms. The number of ketones is 1. The highest BCUT2D eigenvalue weighted by Gasteiger charge is 2.30. The number of piperidine rings is 1. The highest BCUT2D eigenvalue weighted by molar-refractivity contribution is 6.12. The molecule has 0 aromatic heterocycles. The molecule has 0 radical (unpaired) electrons. The maximum atomic E-state index is 13.6. The predicted molar refractivity (Wildman–Crippen MR) is 138 cm³/mol. The van der Waals surface area contributed by atoms with E-state index in [9.17, 15) is 19.8 Å². The number of aromatic hydroxyl groups is 2. The number of amides is 1. The third-order valence-corrected chi connectivity index (χ3v) is 7.44. The van der Waals surface area contributed by atoms with Crippen molar-refractivity contribution < 1.29 is 34.0 Å². The van der Waals surface area contributed by atoms with Crippen LogP contribution in [-0.4, -0.2) is 91.4 Å². The molecule has 2 aromatic carbocycles. The molecular formula is C28H36N2O7. The molecule has 0 aliphatic carbocycles. The van der Waals surface area contributed by atoms with Crippen LogP contribution in [0.1, 0.15) is 46.8 Å². The second-order valence-electron chi connectivity index (χ2n) is 9.44. The van der Waals surface area contributed by atoms with Crippen LogP contribution in [0.2, 0.25) is 0 Å². The zero-order valence-electron chi connectivity index (χ0n) is 21.8. The van der Waals surface area contributed by atoms with Gasteiger partial charge in [0, 0.05) is 43.9 Å². The fraction of sp³-hybridized carbons (Fsp3) is 0.500. The van der Waals surface area contributed by atoms with Gasteiger partial charge in [-0.05, 0) is 48.6 Å². The monoisotopic (exact) mass is 512 g/mol. The molecule has 2 heterocycles. The van der Waals surface area contributed by atoms with Crippen molar-refractivity contribution in [2.75, 3.05) is 53.6 Å². The molecule has 2 saturated heterocycles. The number of ether oxygens (including phenoxy) is 3. The van der Waals surface area contributed by atoms with E-state index >= 15 is 0 Å². The minimum absolute atomic E-state index is 0.0263. The van der Waals surface area contributed by atoms with E-state index in [0.717, 1.165) is 39.1 Å². The van der Waals surface area contributed by atoms with E-state index in [2.05, 4.69) is 4.90 Å². The summed E-state index contributed by atoms with van der Waals surface area (Å²) in [7, 11) is 2.98. The summed E-state index contributed by atoms with van der Waals surface area (Å²) in [6, 6.07) is 6.36. The number of carbonyl (C=O) groups is 2. The highest BCUT2D eigenvalue weighted by Crippen LogP contribution is 2.36. The van der Waals surface area contributed by atoms with Crippen LogP contribution in [-0.2, 0) is 22.4 Å². The number of methoxy groups -OCH3 is 2. The molecule has 200 valence electrons. The standard InChI is InChI=1S/C28H36N2O7/c1-4-20-21(16-26(33)30-9-7-19(8-10-30)29-11-13-37-14-12-29)27(23(32)17-22(20)31)28(34)18-5-6-24(35-2)25(15-18)36-3/h5-6,15,17,19,31-32H,4,7-14,16H2,1-3H3. The van der Waals surface area contributed by atoms with Crippen LogP contribution in [0, 0.1) is 0 Å². The van der Waals surface area contributed by atoms with Crippen LogP contribution < -0.4 is 9.47 Å². The number of likely N-dealkylation sites (tertiary alicyclic amines) is 1. The van der Waals surface area contributed by atoms with Crippen molar-refractivity contribution in [3.63, 3.8) is 0 Å². The van der Waals surface area contributed by atoms with Crippen LogP contribution in [0.5, 0.6) is 23.0 Å². The topological polar surface area (TPSA) is 109 Å². The Morgan fingerprint density at radius 3 is 2.24 bits per heavy atom. The molecule has 1 amide bonds. The highest BCUT2D eigenvalue weighted by atomic mass is 16.5. The summed E-state index contributed by atoms with van der Waals surface area (Å²) in [5.41, 5.74) is 1.15. The van der Waals surface area contributed by atoms with E-state index < -0.39 is 5.78 Å². The molecule has 4 rings (SSSR count). The Balaban J connectivity index is 1.58. The van der Waals surface area contributed by atoms with Gasteiger partial charge < -0.3 is 29.3 Å². The van der Waals surface area contributed by atoms with E-state index in [1.165, 1.54) is 20.3 Å². The number of rotatable bonds is 8. The molecule has 0 unspecified atom stereocenters. The van der Waals surface area contributed by atoms with Gasteiger partial charge in [-0.2, -0.15) is 0 Å². The minimum atomic E-state index is -0.457. The number of phenolic OH excluding ortho intramolecular Hbond substituents is 2. The van der Waals surface area contributed by atoms with Crippen LogP contribution in [0.3, 0.4) is 0 Å². The van der Waals surface area contributed by atoms with Crippen molar-refractivity contribution in [3.05, 3.63) is 46.5 Å². The molecule has 2 aromatic rings. The molecule has 0 bridgehead atoms. The largest absolute Gasteiger partial charge is 0.508 e. The first-order chi connectivity index (χ1) is 17.9. The fourth-order valence-electron chi connectivity index (χ4n) is 5.40. The van der Waals surface area contributed by atoms with Gasteiger partial charge in [0.1, 0.15) is 11.5 Å². The summed E-state index contributed by atoms with van der Waals surface area (Å²) in [4.78, 5) is 31.3. The smallest absolute Gasteiger partial charge is 0.227 e. The van der Waals surface area contributed by atoms with Gasteiger partial charge in [-0.3, -0.25) is 14.5 Å². The maximum Gasteiger partial charge on any atom is 0.227 e. The van der Waals surface area contributed by atoms with E-state index in [4.69, 9.17) is 14.2 Å². The van der Waals surface area contributed by atoms with Crippen molar-refractivity contribution >= 4 is 11.7 Å². The third kappa shape index (κ3) is 5.67. The zero-order valence-corrected chi connectivity index (χ0v) is 21.8. The summed E-state index contributed by atoms with van der Waals surface area (Å²) in [6.45, 7) is 6.44. The Labute approximate surface area is 217 Å². The van der Waals surface area contributed by atoms with Gasteiger partial charge in [-0.1, -0.05) is 6.92 Å². The average Bonchev–Trinajstić information content (AvgIpc) is 2.93. The van der Waals surface area contributed by atoms with E-state index in [0.29, 0.717) is 48.2 Å². The van der Waals surface area contributed by atoms with Crippen molar-refractivity contribution in [1.82, 2.24) is 9.80 Å². The Hall–Kier alpha value is -3.30. The van der Waals surface area contributed by atoms with Crippen LogP contribution in [0.25, 0.3) is 0 Å². The van der Waals surface area contributed by atoms with Crippen LogP contribution >= 0.6 is 0 Å². The molecule has 0 saturated carbocycles. The van der Waals surface area contributed by atoms with Gasteiger partial charge in [-0.15, -0.1) is 0 Å². The second kappa shape index (κ2) is 11.8. The second-order valence-corrected chi connectivity index (χ2v) is 9.44. The minimum Gasteiger partial charge on any atom is -0.508 e. The Bertz CT molecular complexity index is 1140. The van der Waals surface area contributed by atoms with Gasteiger partial charge in [0.25, 0.3) is 0 Å². The van der Waals surface area contributed by atoms with Crippen molar-refractivity contribution in [2.45, 2.75) is 38.6 Å². The van der Waals surface area contributed by atoms with Gasteiger partial charge >= 0.3 is 0 Å². The first kappa shape index (κ1) is 26.8. The van der Waals surface area contributed by atoms with Crippen LogP contribution in [0.4, 0.5) is 0 Å². The normalized spacial score (nSPS) is 17.0. The Morgan fingerprint density at radius 1 is 0.946 bits per heavy atom. The first-order valence-corrected chi connectivity index (χ1v) is 12.8. The molecule has 9 nitrogen and oxygen atoms in total. The van der Waals surface area contributed by atoms with Crippen molar-refractivity contribution in [1.29, 1.82) is 0 Å². The van der Waals surface area contributed by atoms with Gasteiger partial charge in [0.05, 0.1) is 39.4 Å². The lowest BCUT2D eigenvalue weighted by atomic mass is 9.89. The molecule has 2 fully saturated rings. The molecule has 2 aliphatic heterocycles. The van der Waals surface area contributed by atoms with E-state index in [1.807, 2.05) is 11.8 Å². The number of hydrogen-bond donors (Lipinski definition) is 2. The summed E-state index contributed by atoms with van der Waals surface area (Å²) in [6.07, 6.45) is 2.09. The number of hydrogen-bond acceptors (Lipinski definition) is 8. The lowest BCUT2D eigenvalue weighted by Crippen LogP contribution is -2.50. The number of nitrogens with zero attached hydrogens (tertiary/aromatic N) is 2. The summed E-state index contributed by atoms with van der Waals surface area (Å²) in [5.74, 6) is -0.216. The van der Waals surface area contributed by atoms with Crippen molar-refractivity contribution in [3.8, 4) is 23.0 Å². The lowest BCUT2D eigenvalue weighted by Gasteiger charge is -2.40. The molecule has 0 spiro atoms. The summed E-state index contributed by atoms with van der Waals surface area (Å²) in [5, 5.41) is 21.3. The maximum absolute atomic E-state index is 13.6. The predicted octanol–water partition coefficient (Wildman–Crippen LogP) is 2.77. The van der Waals surface area contributed by atoms with Gasteiger partial charge in [-0.25, -0.2) is 0 Å². The van der Waals surface area contributed by atoms with Gasteiger partial charge in [0.15, 0.2) is 17.3 Å². The number of benzene rings is 2. The molecule has 37 heavy (non-hydrogen) atoms. The number of carbonyl (C=O) groups excluding carboxylic acids is 2. The van der Waals surface area contributed by atoms with Gasteiger partial charge in [0.2, 0.25) is 5.91 Å². The Kier molecular flexibility index (Phi) is 8.56. The fourth-order valence-corrected chi connectivity index (χ4v) is 5.40. The first-order valence-electron chi connectivity index (χ1n) is 12.8. The van der Waals surface area contributed by atoms with Crippen LogP contribution in [0.15, 0.2) is 24.3 Å². The quantitative estimate of drug-likeness (QED) is 0.520. The molecule has 2 aliphatic rings. The number of phenols is 2. The average molecular weight is 513 g/mol. The van der Waals surface area contributed by atoms with E-state index in [-0.39, 0.29) is 35.0 Å². The Morgan fingerprint density at radius 2 is 1.62 bits per heavy atom. The summed E-state index contributed by atoms with van der Waals surface area (Å²) < 4.78 is 16.1. The third-order valence-electron chi connectivity index (χ3n) is 7.44.